The Balaban J connectivity index is 1.67. The number of allylic oxidation sites excluding steroid dienone is 4. The third-order valence-corrected chi connectivity index (χ3v) is 12.5. The van der Waals surface area contributed by atoms with Crippen molar-refractivity contribution < 1.29 is 5.11 Å². The molecular weight excluding hydrogens is 388 g/mol. The predicted octanol–water partition coefficient (Wildman–Crippen LogP) is 8.58. The van der Waals surface area contributed by atoms with Crippen molar-refractivity contribution in [1.82, 2.24) is 0 Å². The highest BCUT2D eigenvalue weighted by molar-refractivity contribution is 5.22. The summed E-state index contributed by atoms with van der Waals surface area (Å²) in [5.41, 5.74) is 4.34. The molecule has 9 atom stereocenters. The van der Waals surface area contributed by atoms with Gasteiger partial charge in [0.15, 0.2) is 0 Å². The van der Waals surface area contributed by atoms with E-state index >= 15 is 0 Å². The van der Waals surface area contributed by atoms with Crippen molar-refractivity contribution in [1.29, 1.82) is 0 Å². The van der Waals surface area contributed by atoms with Crippen LogP contribution in [0.3, 0.4) is 0 Å². The first-order chi connectivity index (χ1) is 14.8. The van der Waals surface area contributed by atoms with Gasteiger partial charge in [-0.05, 0) is 123 Å². The molecule has 0 heterocycles. The molecule has 0 aromatic rings. The summed E-state index contributed by atoms with van der Waals surface area (Å²) in [5.74, 6) is 3.26. The Morgan fingerprint density at radius 2 is 1.50 bits per heavy atom. The van der Waals surface area contributed by atoms with Crippen LogP contribution in [0.2, 0.25) is 0 Å². The zero-order valence-corrected chi connectivity index (χ0v) is 22.7. The Morgan fingerprint density at radius 3 is 2.16 bits per heavy atom. The number of hydrogen-bond donors (Lipinski definition) is 1. The molecule has 1 N–H and O–H groups in total. The van der Waals surface area contributed by atoms with Crippen molar-refractivity contribution >= 4 is 0 Å². The second-order valence-corrected chi connectivity index (χ2v) is 14.2. The fourth-order valence-electron chi connectivity index (χ4n) is 10.1. The van der Waals surface area contributed by atoms with Crippen molar-refractivity contribution in [2.75, 3.05) is 0 Å². The molecule has 4 saturated carbocycles. The van der Waals surface area contributed by atoms with Gasteiger partial charge in [0.1, 0.15) is 0 Å². The molecule has 0 bridgehead atoms. The molecule has 4 fully saturated rings. The van der Waals surface area contributed by atoms with Crippen molar-refractivity contribution in [3.63, 3.8) is 0 Å². The maximum atomic E-state index is 11.8. The smallest absolute Gasteiger partial charge is 0.0582 e. The minimum absolute atomic E-state index is 0.143. The van der Waals surface area contributed by atoms with E-state index in [1.807, 2.05) is 0 Å². The molecule has 9 unspecified atom stereocenters. The van der Waals surface area contributed by atoms with Crippen LogP contribution in [0, 0.1) is 51.2 Å². The number of aliphatic hydroxyl groups is 1. The first-order valence-electron chi connectivity index (χ1n) is 13.8. The third-order valence-electron chi connectivity index (χ3n) is 12.5. The van der Waals surface area contributed by atoms with Crippen LogP contribution in [0.5, 0.6) is 0 Å². The van der Waals surface area contributed by atoms with E-state index in [0.717, 1.165) is 24.7 Å². The van der Waals surface area contributed by atoms with Crippen LogP contribution in [0.4, 0.5) is 0 Å². The fraction of sp³-hybridized carbons (Fsp3) is 0.871. The van der Waals surface area contributed by atoms with Gasteiger partial charge in [-0.2, -0.15) is 0 Å². The highest BCUT2D eigenvalue weighted by Gasteiger charge is 2.69. The van der Waals surface area contributed by atoms with Crippen LogP contribution in [-0.4, -0.2) is 11.2 Å². The number of aliphatic hydroxyl groups excluding tert-OH is 1. The SMILES string of the molecule is CC(C)=CC/C=C(\C)C1CCC2(C)C1C(O)CC1C3(C)CCC(C)C(C)(C)C3CCC12C. The van der Waals surface area contributed by atoms with Crippen molar-refractivity contribution in [2.24, 2.45) is 51.2 Å². The lowest BCUT2D eigenvalue weighted by atomic mass is 9.34. The molecular formula is C31H52O. The predicted molar refractivity (Wildman–Crippen MR) is 137 cm³/mol. The van der Waals surface area contributed by atoms with E-state index in [1.165, 1.54) is 49.7 Å². The van der Waals surface area contributed by atoms with Gasteiger partial charge in [-0.3, -0.25) is 0 Å². The van der Waals surface area contributed by atoms with Gasteiger partial charge in [-0.1, -0.05) is 64.8 Å². The van der Waals surface area contributed by atoms with Crippen LogP contribution >= 0.6 is 0 Å². The molecule has 1 nitrogen and oxygen atoms in total. The van der Waals surface area contributed by atoms with Crippen molar-refractivity contribution in [3.05, 3.63) is 23.3 Å². The topological polar surface area (TPSA) is 20.2 Å². The maximum Gasteiger partial charge on any atom is 0.0582 e. The quantitative estimate of drug-likeness (QED) is 0.436. The van der Waals surface area contributed by atoms with Gasteiger partial charge < -0.3 is 5.11 Å². The van der Waals surface area contributed by atoms with E-state index in [0.29, 0.717) is 34.0 Å². The Labute approximate surface area is 199 Å². The third kappa shape index (κ3) is 3.34. The van der Waals surface area contributed by atoms with Gasteiger partial charge in [0.25, 0.3) is 0 Å². The zero-order chi connectivity index (χ0) is 23.7. The van der Waals surface area contributed by atoms with E-state index in [1.54, 1.807) is 0 Å². The first-order valence-corrected chi connectivity index (χ1v) is 13.8. The number of rotatable bonds is 3. The molecule has 0 spiro atoms. The van der Waals surface area contributed by atoms with Gasteiger partial charge in [0.2, 0.25) is 0 Å². The maximum absolute atomic E-state index is 11.8. The lowest BCUT2D eigenvalue weighted by Crippen LogP contribution is -2.65. The summed E-state index contributed by atoms with van der Waals surface area (Å²) in [7, 11) is 0. The fourth-order valence-corrected chi connectivity index (χ4v) is 10.1. The molecule has 32 heavy (non-hydrogen) atoms. The molecule has 0 aromatic heterocycles. The molecule has 4 aliphatic rings. The summed E-state index contributed by atoms with van der Waals surface area (Å²) in [6.07, 6.45) is 14.7. The second kappa shape index (κ2) is 8.00. The molecule has 182 valence electrons. The minimum atomic E-state index is -0.143. The average molecular weight is 441 g/mol. The van der Waals surface area contributed by atoms with E-state index in [4.69, 9.17) is 0 Å². The highest BCUT2D eigenvalue weighted by atomic mass is 16.3. The Kier molecular flexibility index (Phi) is 6.14. The lowest BCUT2D eigenvalue weighted by Gasteiger charge is -2.70. The molecule has 1 heteroatoms. The Morgan fingerprint density at radius 1 is 0.844 bits per heavy atom. The van der Waals surface area contributed by atoms with Gasteiger partial charge >= 0.3 is 0 Å². The van der Waals surface area contributed by atoms with Gasteiger partial charge in [0.05, 0.1) is 6.10 Å². The Bertz CT molecular complexity index is 784. The summed E-state index contributed by atoms with van der Waals surface area (Å²) < 4.78 is 0. The van der Waals surface area contributed by atoms with E-state index in [2.05, 4.69) is 74.5 Å². The monoisotopic (exact) mass is 440 g/mol. The summed E-state index contributed by atoms with van der Waals surface area (Å²) >= 11 is 0. The van der Waals surface area contributed by atoms with E-state index in [9.17, 15) is 5.11 Å². The van der Waals surface area contributed by atoms with Crippen LogP contribution in [0.1, 0.15) is 114 Å². The van der Waals surface area contributed by atoms with Crippen molar-refractivity contribution in [2.45, 2.75) is 120 Å². The molecule has 0 aliphatic heterocycles. The second-order valence-electron chi connectivity index (χ2n) is 14.2. The van der Waals surface area contributed by atoms with Crippen LogP contribution < -0.4 is 0 Å². The molecule has 4 aliphatic carbocycles. The van der Waals surface area contributed by atoms with Crippen LogP contribution in [0.15, 0.2) is 23.3 Å². The van der Waals surface area contributed by atoms with Crippen molar-refractivity contribution in [3.8, 4) is 0 Å². The summed E-state index contributed by atoms with van der Waals surface area (Å²) in [6.45, 7) is 22.2. The summed E-state index contributed by atoms with van der Waals surface area (Å²) in [5, 5.41) is 11.8. The van der Waals surface area contributed by atoms with Crippen LogP contribution in [-0.2, 0) is 0 Å². The van der Waals surface area contributed by atoms with Gasteiger partial charge in [-0.25, -0.2) is 0 Å². The number of fused-ring (bicyclic) bond motifs is 5. The number of hydrogen-bond acceptors (Lipinski definition) is 1. The van der Waals surface area contributed by atoms with Gasteiger partial charge in [0, 0.05) is 0 Å². The Hall–Kier alpha value is -0.560. The molecule has 0 radical (unpaired) electrons. The van der Waals surface area contributed by atoms with Gasteiger partial charge in [-0.15, -0.1) is 0 Å². The van der Waals surface area contributed by atoms with E-state index < -0.39 is 0 Å². The lowest BCUT2D eigenvalue weighted by molar-refractivity contribution is -0.233. The van der Waals surface area contributed by atoms with Crippen LogP contribution in [0.25, 0.3) is 0 Å². The zero-order valence-electron chi connectivity index (χ0n) is 22.7. The molecule has 4 rings (SSSR count). The summed E-state index contributed by atoms with van der Waals surface area (Å²) in [4.78, 5) is 0. The minimum Gasteiger partial charge on any atom is -0.393 e. The van der Waals surface area contributed by atoms with E-state index in [-0.39, 0.29) is 11.5 Å². The largest absolute Gasteiger partial charge is 0.393 e. The molecule has 0 amide bonds. The molecule has 0 saturated heterocycles. The normalized spacial score (nSPS) is 50.2. The highest BCUT2D eigenvalue weighted by Crippen LogP contribution is 2.75. The summed E-state index contributed by atoms with van der Waals surface area (Å²) in [6, 6.07) is 0. The average Bonchev–Trinajstić information content (AvgIpc) is 3.07. The molecule has 0 aromatic carbocycles. The first kappa shape index (κ1) is 24.6. The standard InChI is InChI=1S/C31H52O/c1-20(2)11-10-12-21(3)23-14-17-31(9)27(23)24(32)19-26-29(7)16-13-22(4)28(5,6)25(29)15-18-30(26,31)8/h11-12,22-27,32H,10,13-19H2,1-9H3/b21-12+.